The average molecular weight is 592 g/mol. The van der Waals surface area contributed by atoms with Gasteiger partial charge in [-0.15, -0.1) is 0 Å². The van der Waals surface area contributed by atoms with Gasteiger partial charge >= 0.3 is 126 Å². The molecule has 22 heteroatoms. The molecule has 0 unspecified atom stereocenters. The summed E-state index contributed by atoms with van der Waals surface area (Å²) in [5.41, 5.74) is 0. The minimum absolute atomic E-state index is 1.06. The first-order valence-electron chi connectivity index (χ1n) is 2.56. The van der Waals surface area contributed by atoms with Gasteiger partial charge in [-0.1, -0.05) is 0 Å². The molecule has 124 valence electrons. The van der Waals surface area contributed by atoms with Crippen molar-refractivity contribution in [3.8, 4) is 0 Å². The normalized spacial score (nSPS) is 6.18. The summed E-state index contributed by atoms with van der Waals surface area (Å²) in [6.07, 6.45) is 0. The van der Waals surface area contributed by atoms with Crippen LogP contribution in [0.3, 0.4) is 0 Å². The standard InChI is InChI=1S/2H3O4P.6O.6V/c2*1-5(2,3)4;;;;;;;;;;;;/h2*(H3,1,2,3,4);;;;;;;;;;;;/q;;;;;;;;6*+1/p-6. The number of phosphoric acid groups is 2. The van der Waals surface area contributed by atoms with Crippen molar-refractivity contribution in [3.63, 3.8) is 0 Å². The molecule has 0 aromatic carbocycles. The SMILES string of the molecule is O=P([O-])([O-])[O-].O=P([O-])([O-])[O-].[O]=[V+].[O]=[V+].[O]=[V+].[O]=[V+].[O]=[V+].[O]=[V+]. The molecule has 0 aromatic rings. The molecule has 0 N–H and O–H groups in total. The molecule has 0 aliphatic rings. The second kappa shape index (κ2) is 56.6. The van der Waals surface area contributed by atoms with E-state index in [1.807, 2.05) is 0 Å². The molecule has 0 radical (unpaired) electrons. The Kier molecular flexibility index (Phi) is 128. The van der Waals surface area contributed by atoms with Crippen LogP contribution in [-0.4, -0.2) is 0 Å². The van der Waals surface area contributed by atoms with Crippen LogP contribution >= 0.6 is 15.6 Å². The summed E-state index contributed by atoms with van der Waals surface area (Å²) in [6.45, 7) is 0. The van der Waals surface area contributed by atoms with Crippen LogP contribution in [0.4, 0.5) is 0 Å². The fraction of sp³-hybridized carbons (Fsp3) is 0. The van der Waals surface area contributed by atoms with E-state index in [9.17, 15) is 0 Å². The van der Waals surface area contributed by atoms with Crippen molar-refractivity contribution in [2.24, 2.45) is 0 Å². The molecule has 0 amide bonds. The van der Waals surface area contributed by atoms with E-state index < -0.39 is 15.6 Å². The zero-order valence-corrected chi connectivity index (χ0v) is 19.5. The minimum atomic E-state index is -5.39. The average Bonchev–Trinajstić information content (AvgIpc) is 2.48. The van der Waals surface area contributed by atoms with Crippen LogP contribution in [-0.2, 0) is 135 Å². The predicted molar refractivity (Wildman–Crippen MR) is 19.3 cm³/mol. The van der Waals surface area contributed by atoms with Crippen molar-refractivity contribution in [2.45, 2.75) is 0 Å². The van der Waals surface area contributed by atoms with E-state index in [2.05, 4.69) is 0 Å². The summed E-state index contributed by atoms with van der Waals surface area (Å²) in [4.78, 5) is 51.3. The molecule has 0 fully saturated rings. The Morgan fingerprint density at radius 3 is 0.364 bits per heavy atom. The Balaban J connectivity index is -0.0000000180. The molecule has 0 atom stereocenters. The van der Waals surface area contributed by atoms with Gasteiger partial charge in [0.2, 0.25) is 0 Å². The third-order valence-corrected chi connectivity index (χ3v) is 0. The van der Waals surface area contributed by atoms with E-state index in [0.29, 0.717) is 0 Å². The molecule has 0 aliphatic heterocycles. The summed E-state index contributed by atoms with van der Waals surface area (Å²) in [5.74, 6) is 0. The maximum atomic E-state index is 8.55. The Morgan fingerprint density at radius 2 is 0.364 bits per heavy atom. The third kappa shape index (κ3) is 1640. The number of hydrogen-bond donors (Lipinski definition) is 0. The second-order valence-corrected chi connectivity index (χ2v) is 2.68. The molecular formula is O14P2V6. The van der Waals surface area contributed by atoms with Gasteiger partial charge in [-0.05, 0) is 0 Å². The molecule has 22 heavy (non-hydrogen) atoms. The summed E-state index contributed by atoms with van der Waals surface area (Å²) >= 11 is 6.38. The van der Waals surface area contributed by atoms with Crippen molar-refractivity contribution < 1.29 is 165 Å². The van der Waals surface area contributed by atoms with Crippen molar-refractivity contribution in [1.29, 1.82) is 0 Å². The van der Waals surface area contributed by atoms with Crippen molar-refractivity contribution >= 4 is 15.6 Å². The van der Waals surface area contributed by atoms with E-state index in [0.717, 1.165) is 104 Å². The van der Waals surface area contributed by atoms with Gasteiger partial charge in [-0.2, -0.15) is 15.6 Å². The summed E-state index contributed by atoms with van der Waals surface area (Å²) in [5, 5.41) is 0. The van der Waals surface area contributed by atoms with E-state index in [1.54, 1.807) is 0 Å². The van der Waals surface area contributed by atoms with Crippen molar-refractivity contribution in [1.82, 2.24) is 0 Å². The Bertz CT molecular complexity index is 196. The molecule has 0 heterocycles. The summed E-state index contributed by atoms with van der Waals surface area (Å²) < 4.78 is 66.2. The van der Waals surface area contributed by atoms with Crippen LogP contribution in [0, 0.1) is 0 Å². The topological polar surface area (TPSA) is 275 Å². The zero-order chi connectivity index (χ0) is 21.0. The summed E-state index contributed by atoms with van der Waals surface area (Å²) in [7, 11) is -10.8. The van der Waals surface area contributed by atoms with Crippen LogP contribution in [0.15, 0.2) is 0 Å². The molecule has 0 saturated heterocycles. The van der Waals surface area contributed by atoms with Gasteiger partial charge in [0.15, 0.2) is 0 Å². The van der Waals surface area contributed by atoms with Crippen LogP contribution in [0.5, 0.6) is 0 Å². The van der Waals surface area contributed by atoms with Gasteiger partial charge in [-0.3, -0.25) is 0 Å². The molecule has 0 spiro atoms. The van der Waals surface area contributed by atoms with Gasteiger partial charge in [0.25, 0.3) is 0 Å². The van der Waals surface area contributed by atoms with Crippen molar-refractivity contribution in [3.05, 3.63) is 0 Å². The van der Waals surface area contributed by atoms with Gasteiger partial charge in [-0.25, -0.2) is 0 Å². The molecule has 0 rings (SSSR count). The van der Waals surface area contributed by atoms with E-state index >= 15 is 0 Å². The zero-order valence-electron chi connectivity index (χ0n) is 9.29. The van der Waals surface area contributed by atoms with E-state index in [-0.39, 0.29) is 0 Å². The van der Waals surface area contributed by atoms with E-state index in [4.69, 9.17) is 60.5 Å². The first kappa shape index (κ1) is 49.7. The second-order valence-electron chi connectivity index (χ2n) is 0.894. The summed E-state index contributed by atoms with van der Waals surface area (Å²) in [6, 6.07) is 0. The Hall–Kier alpha value is 2.53. The van der Waals surface area contributed by atoms with Crippen LogP contribution in [0.1, 0.15) is 0 Å². The quantitative estimate of drug-likeness (QED) is 0.237. The molecule has 0 aliphatic carbocycles. The first-order chi connectivity index (χ1) is 10.0. The first-order valence-corrected chi connectivity index (χ1v) is 8.90. The fourth-order valence-electron chi connectivity index (χ4n) is 0. The maximum absolute atomic E-state index is 8.55. The van der Waals surface area contributed by atoms with Gasteiger partial charge in [0, 0.05) is 0 Å². The molecule has 0 aromatic heterocycles. The predicted octanol–water partition coefficient (Wildman–Crippen LogP) is -6.38. The van der Waals surface area contributed by atoms with Gasteiger partial charge < -0.3 is 38.5 Å². The monoisotopic (exact) mass is 592 g/mol. The molecule has 0 saturated carbocycles. The van der Waals surface area contributed by atoms with Gasteiger partial charge in [0.05, 0.1) is 0 Å². The molecule has 0 bridgehead atoms. The van der Waals surface area contributed by atoms with E-state index in [1.165, 1.54) is 0 Å². The Morgan fingerprint density at radius 1 is 0.364 bits per heavy atom. The van der Waals surface area contributed by atoms with Crippen LogP contribution in [0.2, 0.25) is 0 Å². The number of hydrogen-bond acceptors (Lipinski definition) is 14. The van der Waals surface area contributed by atoms with Crippen LogP contribution in [0.25, 0.3) is 0 Å². The Labute approximate surface area is 178 Å². The van der Waals surface area contributed by atoms with Crippen molar-refractivity contribution in [2.75, 3.05) is 0 Å². The van der Waals surface area contributed by atoms with Crippen LogP contribution < -0.4 is 29.4 Å². The molecular weight excluding hydrogens is 592 g/mol. The van der Waals surface area contributed by atoms with Gasteiger partial charge in [0.1, 0.15) is 0 Å². The third-order valence-electron chi connectivity index (χ3n) is 0. The fourth-order valence-corrected chi connectivity index (χ4v) is 0. The molecule has 14 nitrogen and oxygen atoms in total. The number of rotatable bonds is 0.